The third kappa shape index (κ3) is 4.32. The number of benzene rings is 2. The Morgan fingerprint density at radius 1 is 1.14 bits per heavy atom. The normalized spacial score (nSPS) is 11.8. The van der Waals surface area contributed by atoms with Gasteiger partial charge in [-0.2, -0.15) is 5.26 Å². The molecule has 0 aliphatic carbocycles. The van der Waals surface area contributed by atoms with Crippen LogP contribution in [0.4, 0.5) is 0 Å². The number of hydrogen-bond acceptors (Lipinski definition) is 3. The maximum absolute atomic E-state index is 11.8. The van der Waals surface area contributed by atoms with E-state index < -0.39 is 5.97 Å². The molecule has 0 aliphatic heterocycles. The molecule has 104 valence electrons. The molecule has 3 heteroatoms. The number of nitriles is 1. The molecular weight excluding hydrogens is 262 g/mol. The highest BCUT2D eigenvalue weighted by Gasteiger charge is 2.08. The maximum Gasteiger partial charge on any atom is 0.331 e. The van der Waals surface area contributed by atoms with E-state index in [9.17, 15) is 4.79 Å². The third-order valence-corrected chi connectivity index (χ3v) is 3.01. The first-order valence-electron chi connectivity index (χ1n) is 6.63. The summed E-state index contributed by atoms with van der Waals surface area (Å²) in [5.74, 6) is -0.393. The first-order chi connectivity index (χ1) is 10.2. The van der Waals surface area contributed by atoms with Crippen LogP contribution in [0.15, 0.2) is 60.7 Å². The summed E-state index contributed by atoms with van der Waals surface area (Å²) < 4.78 is 5.32. The van der Waals surface area contributed by atoms with Gasteiger partial charge in [-0.1, -0.05) is 42.5 Å². The second kappa shape index (κ2) is 7.06. The minimum atomic E-state index is -0.393. The van der Waals surface area contributed by atoms with Crippen LogP contribution >= 0.6 is 0 Å². The second-order valence-electron chi connectivity index (χ2n) is 4.56. The molecule has 1 atom stereocenters. The number of ether oxygens (including phenoxy) is 1. The molecule has 0 amide bonds. The van der Waals surface area contributed by atoms with E-state index in [1.54, 1.807) is 30.3 Å². The lowest BCUT2D eigenvalue weighted by Crippen LogP contribution is -2.05. The summed E-state index contributed by atoms with van der Waals surface area (Å²) >= 11 is 0. The molecule has 0 aromatic heterocycles. The molecule has 2 rings (SSSR count). The molecule has 0 saturated carbocycles. The molecule has 0 spiro atoms. The molecule has 0 radical (unpaired) electrons. The van der Waals surface area contributed by atoms with E-state index in [0.29, 0.717) is 5.56 Å². The van der Waals surface area contributed by atoms with Crippen molar-refractivity contribution in [1.82, 2.24) is 0 Å². The van der Waals surface area contributed by atoms with Gasteiger partial charge < -0.3 is 4.74 Å². The zero-order valence-electron chi connectivity index (χ0n) is 11.7. The van der Waals surface area contributed by atoms with E-state index in [-0.39, 0.29) is 6.10 Å². The smallest absolute Gasteiger partial charge is 0.331 e. The number of hydrogen-bond donors (Lipinski definition) is 0. The largest absolute Gasteiger partial charge is 0.455 e. The van der Waals surface area contributed by atoms with Gasteiger partial charge in [0.15, 0.2) is 0 Å². The van der Waals surface area contributed by atoms with Crippen molar-refractivity contribution >= 4 is 12.0 Å². The number of nitrogens with zero attached hydrogens (tertiary/aromatic N) is 1. The monoisotopic (exact) mass is 277 g/mol. The fourth-order valence-electron chi connectivity index (χ4n) is 1.84. The molecule has 2 aromatic rings. The van der Waals surface area contributed by atoms with Gasteiger partial charge in [0.2, 0.25) is 0 Å². The van der Waals surface area contributed by atoms with Crippen LogP contribution in [-0.2, 0) is 9.53 Å². The van der Waals surface area contributed by atoms with Crippen molar-refractivity contribution in [2.45, 2.75) is 13.0 Å². The van der Waals surface area contributed by atoms with E-state index in [2.05, 4.69) is 0 Å². The summed E-state index contributed by atoms with van der Waals surface area (Å²) in [6, 6.07) is 18.6. The number of esters is 1. The Labute approximate surface area is 124 Å². The molecule has 0 saturated heterocycles. The Morgan fingerprint density at radius 2 is 1.81 bits per heavy atom. The van der Waals surface area contributed by atoms with Gasteiger partial charge in [-0.05, 0) is 36.3 Å². The zero-order chi connectivity index (χ0) is 15.1. The summed E-state index contributed by atoms with van der Waals surface area (Å²) in [5, 5.41) is 8.71. The predicted octanol–water partition coefficient (Wildman–Crippen LogP) is 3.88. The summed E-state index contributed by atoms with van der Waals surface area (Å²) in [4.78, 5) is 11.8. The summed E-state index contributed by atoms with van der Waals surface area (Å²) in [6.45, 7) is 1.84. The quantitative estimate of drug-likeness (QED) is 0.629. The minimum absolute atomic E-state index is 0.288. The van der Waals surface area contributed by atoms with Crippen molar-refractivity contribution in [2.24, 2.45) is 0 Å². The molecule has 0 heterocycles. The van der Waals surface area contributed by atoms with Crippen LogP contribution in [0.1, 0.15) is 29.7 Å². The zero-order valence-corrected chi connectivity index (χ0v) is 11.7. The van der Waals surface area contributed by atoms with Crippen molar-refractivity contribution in [3.05, 3.63) is 77.4 Å². The predicted molar refractivity (Wildman–Crippen MR) is 81.1 cm³/mol. The van der Waals surface area contributed by atoms with Gasteiger partial charge in [-0.15, -0.1) is 0 Å². The lowest BCUT2D eigenvalue weighted by Gasteiger charge is -2.11. The SMILES string of the molecule is C[C@H](OC(=O)/C=C/c1ccc(C#N)cc1)c1ccccc1. The standard InChI is InChI=1S/C18H15NO2/c1-14(17-5-3-2-4-6-17)21-18(20)12-11-15-7-9-16(13-19)10-8-15/h2-12,14H,1H3/b12-11+/t14-/m0/s1. The fraction of sp³-hybridized carbons (Fsp3) is 0.111. The van der Waals surface area contributed by atoms with Crippen LogP contribution in [0.5, 0.6) is 0 Å². The van der Waals surface area contributed by atoms with Crippen LogP contribution < -0.4 is 0 Å². The summed E-state index contributed by atoms with van der Waals surface area (Å²) in [7, 11) is 0. The van der Waals surface area contributed by atoms with E-state index in [1.807, 2.05) is 43.3 Å². The first kappa shape index (κ1) is 14.5. The van der Waals surface area contributed by atoms with Crippen LogP contribution in [-0.4, -0.2) is 5.97 Å². The minimum Gasteiger partial charge on any atom is -0.455 e. The summed E-state index contributed by atoms with van der Waals surface area (Å²) in [6.07, 6.45) is 2.77. The van der Waals surface area contributed by atoms with Crippen molar-refractivity contribution in [1.29, 1.82) is 5.26 Å². The van der Waals surface area contributed by atoms with Gasteiger partial charge in [-0.25, -0.2) is 4.79 Å². The third-order valence-electron chi connectivity index (χ3n) is 3.01. The molecule has 0 unspecified atom stereocenters. The van der Waals surface area contributed by atoms with E-state index in [1.165, 1.54) is 6.08 Å². The Kier molecular flexibility index (Phi) is 4.89. The molecule has 3 nitrogen and oxygen atoms in total. The Morgan fingerprint density at radius 3 is 2.43 bits per heavy atom. The van der Waals surface area contributed by atoms with E-state index in [4.69, 9.17) is 10.00 Å². The van der Waals surface area contributed by atoms with Crippen molar-refractivity contribution in [3.63, 3.8) is 0 Å². The summed E-state index contributed by atoms with van der Waals surface area (Å²) in [5.41, 5.74) is 2.39. The molecule has 21 heavy (non-hydrogen) atoms. The molecule has 0 aliphatic rings. The van der Waals surface area contributed by atoms with Gasteiger partial charge >= 0.3 is 5.97 Å². The number of carbonyl (C=O) groups excluding carboxylic acids is 1. The Bertz CT molecular complexity index is 667. The Balaban J connectivity index is 1.95. The lowest BCUT2D eigenvalue weighted by atomic mass is 10.1. The van der Waals surface area contributed by atoms with Crippen LogP contribution in [0.2, 0.25) is 0 Å². The van der Waals surface area contributed by atoms with E-state index in [0.717, 1.165) is 11.1 Å². The van der Waals surface area contributed by atoms with Crippen LogP contribution in [0.3, 0.4) is 0 Å². The topological polar surface area (TPSA) is 50.1 Å². The van der Waals surface area contributed by atoms with Crippen LogP contribution in [0.25, 0.3) is 6.08 Å². The van der Waals surface area contributed by atoms with Crippen molar-refractivity contribution < 1.29 is 9.53 Å². The molecular formula is C18H15NO2. The average molecular weight is 277 g/mol. The highest BCUT2D eigenvalue weighted by Crippen LogP contribution is 2.16. The average Bonchev–Trinajstić information content (AvgIpc) is 2.54. The highest BCUT2D eigenvalue weighted by molar-refractivity contribution is 5.87. The molecule has 0 bridgehead atoms. The van der Waals surface area contributed by atoms with Crippen molar-refractivity contribution in [2.75, 3.05) is 0 Å². The van der Waals surface area contributed by atoms with Crippen LogP contribution in [0, 0.1) is 11.3 Å². The van der Waals surface area contributed by atoms with Gasteiger partial charge in [0.05, 0.1) is 11.6 Å². The second-order valence-corrected chi connectivity index (χ2v) is 4.56. The van der Waals surface area contributed by atoms with Crippen molar-refractivity contribution in [3.8, 4) is 6.07 Å². The Hall–Kier alpha value is -2.86. The molecule has 0 fully saturated rings. The van der Waals surface area contributed by atoms with Gasteiger partial charge in [-0.3, -0.25) is 0 Å². The molecule has 2 aromatic carbocycles. The number of rotatable bonds is 4. The maximum atomic E-state index is 11.8. The van der Waals surface area contributed by atoms with E-state index >= 15 is 0 Å². The highest BCUT2D eigenvalue weighted by atomic mass is 16.5. The lowest BCUT2D eigenvalue weighted by molar-refractivity contribution is -0.142. The molecule has 0 N–H and O–H groups in total. The number of carbonyl (C=O) groups is 1. The van der Waals surface area contributed by atoms with Gasteiger partial charge in [0, 0.05) is 6.08 Å². The fourth-order valence-corrected chi connectivity index (χ4v) is 1.84. The van der Waals surface area contributed by atoms with Gasteiger partial charge in [0.1, 0.15) is 6.10 Å². The van der Waals surface area contributed by atoms with Gasteiger partial charge in [0.25, 0.3) is 0 Å². The first-order valence-corrected chi connectivity index (χ1v) is 6.63.